The van der Waals surface area contributed by atoms with Crippen LogP contribution in [0, 0.1) is 5.82 Å². The Balaban J connectivity index is 1.94. The van der Waals surface area contributed by atoms with E-state index in [1.54, 1.807) is 30.8 Å². The summed E-state index contributed by atoms with van der Waals surface area (Å²) in [6, 6.07) is 6.39. The number of thioether (sulfide) groups is 1. The largest absolute Gasteiger partial charge is 0.465 e. The maximum absolute atomic E-state index is 12.8. The summed E-state index contributed by atoms with van der Waals surface area (Å²) >= 11 is 1.64. The number of benzene rings is 1. The zero-order chi connectivity index (χ0) is 13.9. The number of carbonyl (C=O) groups is 1. The van der Waals surface area contributed by atoms with Crippen LogP contribution in [-0.4, -0.2) is 23.4 Å². The molecule has 3 nitrogen and oxygen atoms in total. The number of hydrogen-bond acceptors (Lipinski definition) is 4. The van der Waals surface area contributed by atoms with Crippen molar-refractivity contribution in [3.63, 3.8) is 0 Å². The van der Waals surface area contributed by atoms with Gasteiger partial charge in [-0.1, -0.05) is 0 Å². The maximum atomic E-state index is 12.8. The lowest BCUT2D eigenvalue weighted by Crippen LogP contribution is -2.47. The van der Waals surface area contributed by atoms with E-state index in [1.165, 1.54) is 12.1 Å². The number of hydrogen-bond donors (Lipinski definition) is 1. The minimum Gasteiger partial charge on any atom is -0.465 e. The molecule has 0 saturated heterocycles. The smallest absolute Gasteiger partial charge is 0.326 e. The number of nitrogens with two attached hydrogens (primary N) is 1. The number of carbonyl (C=O) groups excluding carboxylic acids is 1. The molecule has 2 atom stereocenters. The quantitative estimate of drug-likeness (QED) is 0.863. The van der Waals surface area contributed by atoms with Gasteiger partial charge in [0.05, 0.1) is 6.61 Å². The van der Waals surface area contributed by atoms with E-state index in [-0.39, 0.29) is 17.0 Å². The molecule has 0 aromatic heterocycles. The molecule has 5 heteroatoms. The Hall–Kier alpha value is -1.07. The van der Waals surface area contributed by atoms with Crippen LogP contribution in [0.5, 0.6) is 0 Å². The van der Waals surface area contributed by atoms with Gasteiger partial charge in [-0.15, -0.1) is 11.8 Å². The van der Waals surface area contributed by atoms with Gasteiger partial charge in [0.1, 0.15) is 11.4 Å². The van der Waals surface area contributed by atoms with E-state index in [4.69, 9.17) is 10.5 Å². The minimum atomic E-state index is -0.853. The van der Waals surface area contributed by atoms with E-state index in [9.17, 15) is 9.18 Å². The van der Waals surface area contributed by atoms with Crippen molar-refractivity contribution < 1.29 is 13.9 Å². The van der Waals surface area contributed by atoms with Gasteiger partial charge in [0.2, 0.25) is 0 Å². The minimum absolute atomic E-state index is 0.240. The fraction of sp³-hybridized carbons (Fsp3) is 0.500. The van der Waals surface area contributed by atoms with Crippen molar-refractivity contribution in [3.05, 3.63) is 30.1 Å². The van der Waals surface area contributed by atoms with Crippen LogP contribution in [0.3, 0.4) is 0 Å². The summed E-state index contributed by atoms with van der Waals surface area (Å²) in [4.78, 5) is 12.8. The summed E-state index contributed by atoms with van der Waals surface area (Å²) < 4.78 is 17.8. The molecular weight excluding hydrogens is 265 g/mol. The van der Waals surface area contributed by atoms with Crippen molar-refractivity contribution in [1.82, 2.24) is 0 Å². The molecule has 0 aliphatic heterocycles. The molecule has 1 fully saturated rings. The van der Waals surface area contributed by atoms with Gasteiger partial charge in [-0.3, -0.25) is 4.79 Å². The molecular formula is C14H18FNO2S. The van der Waals surface area contributed by atoms with Gasteiger partial charge in [0.25, 0.3) is 0 Å². The van der Waals surface area contributed by atoms with Crippen LogP contribution in [0.15, 0.2) is 29.2 Å². The molecule has 2 rings (SSSR count). The molecule has 0 spiro atoms. The monoisotopic (exact) mass is 283 g/mol. The first-order chi connectivity index (χ1) is 9.03. The molecule has 1 saturated carbocycles. The van der Waals surface area contributed by atoms with Gasteiger partial charge in [0, 0.05) is 10.1 Å². The summed E-state index contributed by atoms with van der Waals surface area (Å²) in [5, 5.41) is 0.278. The molecule has 1 aromatic carbocycles. The number of rotatable bonds is 4. The average molecular weight is 283 g/mol. The first kappa shape index (κ1) is 14.3. The SMILES string of the molecule is CCOC(=O)C1(N)CCC(Sc2ccc(F)cc2)C1. The van der Waals surface area contributed by atoms with Gasteiger partial charge in [0.15, 0.2) is 0 Å². The highest BCUT2D eigenvalue weighted by molar-refractivity contribution is 8.00. The standard InChI is InChI=1S/C14H18FNO2S/c1-2-18-13(17)14(16)8-7-12(9-14)19-11-5-3-10(15)4-6-11/h3-6,12H,2,7-9,16H2,1H3. The highest BCUT2D eigenvalue weighted by Gasteiger charge is 2.43. The van der Waals surface area contributed by atoms with Crippen LogP contribution in [-0.2, 0) is 9.53 Å². The first-order valence-corrected chi connectivity index (χ1v) is 7.30. The van der Waals surface area contributed by atoms with E-state index in [0.29, 0.717) is 19.4 Å². The highest BCUT2D eigenvalue weighted by atomic mass is 32.2. The van der Waals surface area contributed by atoms with Crippen molar-refractivity contribution in [2.45, 2.75) is 41.9 Å². The number of esters is 1. The Morgan fingerprint density at radius 2 is 2.21 bits per heavy atom. The predicted octanol–water partition coefficient (Wildman–Crippen LogP) is 2.73. The summed E-state index contributed by atoms with van der Waals surface area (Å²) in [6.07, 6.45) is 2.12. The topological polar surface area (TPSA) is 52.3 Å². The molecule has 19 heavy (non-hydrogen) atoms. The Labute approximate surface area is 116 Å². The second-order valence-electron chi connectivity index (χ2n) is 4.81. The molecule has 0 radical (unpaired) electrons. The molecule has 1 aromatic rings. The Morgan fingerprint density at radius 3 is 2.84 bits per heavy atom. The molecule has 0 heterocycles. The molecule has 2 unspecified atom stereocenters. The van der Waals surface area contributed by atoms with Crippen molar-refractivity contribution in [2.24, 2.45) is 5.73 Å². The molecule has 1 aliphatic rings. The second kappa shape index (κ2) is 5.92. The summed E-state index contributed by atoms with van der Waals surface area (Å²) in [7, 11) is 0. The van der Waals surface area contributed by atoms with Crippen LogP contribution in [0.1, 0.15) is 26.2 Å². The molecule has 2 N–H and O–H groups in total. The van der Waals surface area contributed by atoms with Crippen molar-refractivity contribution in [2.75, 3.05) is 6.61 Å². The fourth-order valence-corrected chi connectivity index (χ4v) is 3.59. The lowest BCUT2D eigenvalue weighted by atomic mass is 10.00. The maximum Gasteiger partial charge on any atom is 0.326 e. The van der Waals surface area contributed by atoms with Gasteiger partial charge in [-0.05, 0) is 50.5 Å². The van der Waals surface area contributed by atoms with E-state index in [0.717, 1.165) is 11.3 Å². The Morgan fingerprint density at radius 1 is 1.53 bits per heavy atom. The van der Waals surface area contributed by atoms with E-state index < -0.39 is 5.54 Å². The van der Waals surface area contributed by atoms with Crippen LogP contribution in [0.25, 0.3) is 0 Å². The van der Waals surface area contributed by atoms with E-state index in [2.05, 4.69) is 0 Å². The third-order valence-corrected chi connectivity index (χ3v) is 4.58. The lowest BCUT2D eigenvalue weighted by molar-refractivity contribution is -0.149. The van der Waals surface area contributed by atoms with Crippen molar-refractivity contribution in [1.29, 1.82) is 0 Å². The normalized spacial score (nSPS) is 26.4. The van der Waals surface area contributed by atoms with Crippen LogP contribution in [0.2, 0.25) is 0 Å². The third kappa shape index (κ3) is 3.48. The van der Waals surface area contributed by atoms with Gasteiger partial charge >= 0.3 is 5.97 Å². The molecule has 0 bridgehead atoms. The Bertz CT molecular complexity index is 451. The van der Waals surface area contributed by atoms with Gasteiger partial charge < -0.3 is 10.5 Å². The zero-order valence-electron chi connectivity index (χ0n) is 10.9. The Kier molecular flexibility index (Phi) is 4.47. The third-order valence-electron chi connectivity index (χ3n) is 3.30. The first-order valence-electron chi connectivity index (χ1n) is 6.42. The molecule has 104 valence electrons. The van der Waals surface area contributed by atoms with Gasteiger partial charge in [-0.2, -0.15) is 0 Å². The van der Waals surface area contributed by atoms with Crippen molar-refractivity contribution >= 4 is 17.7 Å². The number of halogens is 1. The number of ether oxygens (including phenoxy) is 1. The van der Waals surface area contributed by atoms with Crippen LogP contribution in [0.4, 0.5) is 4.39 Å². The summed E-state index contributed by atoms with van der Waals surface area (Å²) in [5.74, 6) is -0.548. The average Bonchev–Trinajstić information content (AvgIpc) is 2.76. The highest BCUT2D eigenvalue weighted by Crippen LogP contribution is 2.39. The van der Waals surface area contributed by atoms with E-state index >= 15 is 0 Å². The van der Waals surface area contributed by atoms with Gasteiger partial charge in [-0.25, -0.2) is 4.39 Å². The van der Waals surface area contributed by atoms with Crippen LogP contribution >= 0.6 is 11.8 Å². The van der Waals surface area contributed by atoms with E-state index in [1.807, 2.05) is 0 Å². The summed E-state index contributed by atoms with van der Waals surface area (Å²) in [5.41, 5.74) is 5.26. The predicted molar refractivity (Wildman–Crippen MR) is 73.4 cm³/mol. The lowest BCUT2D eigenvalue weighted by Gasteiger charge is -2.21. The second-order valence-corrected chi connectivity index (χ2v) is 6.19. The molecule has 1 aliphatic carbocycles. The van der Waals surface area contributed by atoms with Crippen molar-refractivity contribution in [3.8, 4) is 0 Å². The fourth-order valence-electron chi connectivity index (χ4n) is 2.30. The molecule has 0 amide bonds. The van der Waals surface area contributed by atoms with Crippen LogP contribution < -0.4 is 5.73 Å². The summed E-state index contributed by atoms with van der Waals surface area (Å²) in [6.45, 7) is 2.13. The zero-order valence-corrected chi connectivity index (χ0v) is 11.7.